The van der Waals surface area contributed by atoms with Gasteiger partial charge in [0.2, 0.25) is 5.91 Å². The molecule has 2 N–H and O–H groups in total. The third-order valence-corrected chi connectivity index (χ3v) is 3.29. The number of carbonyl (C=O) groups excluding carboxylic acids is 1. The maximum absolute atomic E-state index is 11.2. The number of hydrogen-bond acceptors (Lipinski definition) is 2. The Balaban J connectivity index is 1.73. The fourth-order valence-electron chi connectivity index (χ4n) is 2.08. The second kappa shape index (κ2) is 3.81. The number of aryl methyl sites for hydroxylation is 1. The Morgan fingerprint density at radius 3 is 3.00 bits per heavy atom. The van der Waals surface area contributed by atoms with E-state index >= 15 is 0 Å². The second-order valence-corrected chi connectivity index (χ2v) is 4.74. The topological polar surface area (TPSA) is 41.1 Å². The molecule has 0 saturated heterocycles. The van der Waals surface area contributed by atoms with Gasteiger partial charge >= 0.3 is 0 Å². The van der Waals surface area contributed by atoms with Crippen molar-refractivity contribution in [2.75, 3.05) is 17.2 Å². The Kier molecular flexibility index (Phi) is 2.31. The summed E-state index contributed by atoms with van der Waals surface area (Å²) in [5.41, 5.74) is 3.41. The van der Waals surface area contributed by atoms with Crippen LogP contribution in [-0.4, -0.2) is 12.5 Å². The molecular formula is C13H16N2O. The molecular weight excluding hydrogens is 200 g/mol. The molecule has 0 spiro atoms. The molecule has 3 nitrogen and oxygen atoms in total. The van der Waals surface area contributed by atoms with Crippen molar-refractivity contribution in [1.82, 2.24) is 0 Å². The van der Waals surface area contributed by atoms with E-state index in [1.807, 2.05) is 12.1 Å². The van der Waals surface area contributed by atoms with Gasteiger partial charge in [-0.1, -0.05) is 0 Å². The van der Waals surface area contributed by atoms with E-state index in [0.717, 1.165) is 24.6 Å². The molecule has 16 heavy (non-hydrogen) atoms. The highest BCUT2D eigenvalue weighted by atomic mass is 16.1. The van der Waals surface area contributed by atoms with E-state index in [2.05, 4.69) is 16.7 Å². The maximum atomic E-state index is 11.2. The molecule has 1 saturated carbocycles. The molecule has 1 aliphatic heterocycles. The summed E-state index contributed by atoms with van der Waals surface area (Å²) >= 11 is 0. The first-order chi connectivity index (χ1) is 7.81. The fraction of sp³-hybridized carbons (Fsp3) is 0.462. The summed E-state index contributed by atoms with van der Waals surface area (Å²) in [6.45, 7) is 1.09. The van der Waals surface area contributed by atoms with Crippen LogP contribution in [0.4, 0.5) is 11.4 Å². The van der Waals surface area contributed by atoms with Crippen LogP contribution in [-0.2, 0) is 11.2 Å². The van der Waals surface area contributed by atoms with Crippen molar-refractivity contribution in [1.29, 1.82) is 0 Å². The lowest BCUT2D eigenvalue weighted by molar-refractivity contribution is -0.116. The molecule has 3 rings (SSSR count). The van der Waals surface area contributed by atoms with Crippen LogP contribution in [0, 0.1) is 5.92 Å². The number of carbonyl (C=O) groups is 1. The quantitative estimate of drug-likeness (QED) is 0.814. The van der Waals surface area contributed by atoms with Crippen molar-refractivity contribution in [2.24, 2.45) is 5.92 Å². The molecule has 1 fully saturated rings. The molecule has 0 atom stereocenters. The molecule has 1 aromatic carbocycles. The summed E-state index contributed by atoms with van der Waals surface area (Å²) in [6.07, 6.45) is 4.21. The fourth-order valence-corrected chi connectivity index (χ4v) is 2.08. The summed E-state index contributed by atoms with van der Waals surface area (Å²) in [6, 6.07) is 6.21. The average molecular weight is 216 g/mol. The average Bonchev–Trinajstić information content (AvgIpc) is 3.10. The van der Waals surface area contributed by atoms with Crippen molar-refractivity contribution in [3.8, 4) is 0 Å². The van der Waals surface area contributed by atoms with Gasteiger partial charge in [-0.3, -0.25) is 4.79 Å². The molecule has 0 unspecified atom stereocenters. The minimum Gasteiger partial charge on any atom is -0.385 e. The number of amides is 1. The zero-order valence-corrected chi connectivity index (χ0v) is 9.25. The van der Waals surface area contributed by atoms with Gasteiger partial charge in [-0.05, 0) is 48.9 Å². The van der Waals surface area contributed by atoms with E-state index in [1.54, 1.807) is 0 Å². The van der Waals surface area contributed by atoms with Crippen LogP contribution < -0.4 is 10.6 Å². The molecule has 1 aromatic rings. The van der Waals surface area contributed by atoms with Crippen LogP contribution in [0.1, 0.15) is 24.8 Å². The van der Waals surface area contributed by atoms with Crippen LogP contribution in [0.5, 0.6) is 0 Å². The van der Waals surface area contributed by atoms with Crippen molar-refractivity contribution in [3.63, 3.8) is 0 Å². The predicted molar refractivity (Wildman–Crippen MR) is 64.6 cm³/mol. The van der Waals surface area contributed by atoms with Gasteiger partial charge in [-0.25, -0.2) is 0 Å². The lowest BCUT2D eigenvalue weighted by atomic mass is 10.0. The van der Waals surface area contributed by atoms with Crippen LogP contribution >= 0.6 is 0 Å². The molecule has 84 valence electrons. The zero-order valence-electron chi connectivity index (χ0n) is 9.25. The second-order valence-electron chi connectivity index (χ2n) is 4.74. The van der Waals surface area contributed by atoms with E-state index < -0.39 is 0 Å². The van der Waals surface area contributed by atoms with Crippen LogP contribution in [0.3, 0.4) is 0 Å². The van der Waals surface area contributed by atoms with E-state index in [-0.39, 0.29) is 5.91 Å². The van der Waals surface area contributed by atoms with Gasteiger partial charge in [-0.15, -0.1) is 0 Å². The third kappa shape index (κ3) is 2.03. The van der Waals surface area contributed by atoms with Crippen molar-refractivity contribution >= 4 is 17.3 Å². The normalized spacial score (nSPS) is 18.9. The minimum absolute atomic E-state index is 0.131. The lowest BCUT2D eigenvalue weighted by Crippen LogP contribution is -2.19. The Morgan fingerprint density at radius 1 is 1.31 bits per heavy atom. The van der Waals surface area contributed by atoms with Gasteiger partial charge in [-0.2, -0.15) is 0 Å². The Labute approximate surface area is 95.2 Å². The number of rotatable bonds is 3. The smallest absolute Gasteiger partial charge is 0.224 e. The number of benzene rings is 1. The van der Waals surface area contributed by atoms with Crippen molar-refractivity contribution in [2.45, 2.75) is 25.7 Å². The Bertz CT molecular complexity index is 424. The summed E-state index contributed by atoms with van der Waals surface area (Å²) in [5.74, 6) is 1.02. The van der Waals surface area contributed by atoms with E-state index in [4.69, 9.17) is 0 Å². The number of nitrogens with one attached hydrogen (secondary N) is 2. The molecule has 3 heteroatoms. The van der Waals surface area contributed by atoms with Gasteiger partial charge in [0.1, 0.15) is 0 Å². The third-order valence-electron chi connectivity index (χ3n) is 3.29. The van der Waals surface area contributed by atoms with Crippen LogP contribution in [0.15, 0.2) is 18.2 Å². The first-order valence-corrected chi connectivity index (χ1v) is 5.98. The van der Waals surface area contributed by atoms with Gasteiger partial charge in [0.25, 0.3) is 0 Å². The number of hydrogen-bond donors (Lipinski definition) is 2. The van der Waals surface area contributed by atoms with Gasteiger partial charge < -0.3 is 10.6 Å². The van der Waals surface area contributed by atoms with E-state index in [1.165, 1.54) is 24.1 Å². The highest BCUT2D eigenvalue weighted by Crippen LogP contribution is 2.30. The van der Waals surface area contributed by atoms with Gasteiger partial charge in [0.05, 0.1) is 0 Å². The molecule has 1 heterocycles. The summed E-state index contributed by atoms with van der Waals surface area (Å²) in [5, 5.41) is 6.35. The van der Waals surface area contributed by atoms with Crippen LogP contribution in [0.2, 0.25) is 0 Å². The first kappa shape index (κ1) is 9.70. The van der Waals surface area contributed by atoms with E-state index in [0.29, 0.717) is 6.42 Å². The lowest BCUT2D eigenvalue weighted by Gasteiger charge is -2.18. The molecule has 0 aromatic heterocycles. The summed E-state index contributed by atoms with van der Waals surface area (Å²) in [4.78, 5) is 11.2. The number of anilines is 2. The zero-order chi connectivity index (χ0) is 11.0. The predicted octanol–water partition coefficient (Wildman–Crippen LogP) is 2.39. The highest BCUT2D eigenvalue weighted by molar-refractivity contribution is 5.94. The molecule has 1 aliphatic carbocycles. The molecule has 0 bridgehead atoms. The Morgan fingerprint density at radius 2 is 2.19 bits per heavy atom. The minimum atomic E-state index is 0.131. The summed E-state index contributed by atoms with van der Waals surface area (Å²) in [7, 11) is 0. The van der Waals surface area contributed by atoms with Crippen LogP contribution in [0.25, 0.3) is 0 Å². The molecule has 2 aliphatic rings. The molecule has 0 radical (unpaired) electrons. The van der Waals surface area contributed by atoms with Crippen molar-refractivity contribution < 1.29 is 4.79 Å². The number of fused-ring (bicyclic) bond motifs is 1. The van der Waals surface area contributed by atoms with E-state index in [9.17, 15) is 4.79 Å². The maximum Gasteiger partial charge on any atom is 0.224 e. The van der Waals surface area contributed by atoms with Gasteiger partial charge in [0, 0.05) is 24.3 Å². The first-order valence-electron chi connectivity index (χ1n) is 5.98. The highest BCUT2D eigenvalue weighted by Gasteiger charge is 2.21. The Hall–Kier alpha value is -1.51. The standard InChI is InChI=1S/C13H16N2O/c16-13-6-3-10-7-11(4-5-12(10)15-13)14-8-9-1-2-9/h4-5,7,9,14H,1-3,6,8H2,(H,15,16). The monoisotopic (exact) mass is 216 g/mol. The largest absolute Gasteiger partial charge is 0.385 e. The SMILES string of the molecule is O=C1CCc2cc(NCC3CC3)ccc2N1. The van der Waals surface area contributed by atoms with Crippen molar-refractivity contribution in [3.05, 3.63) is 23.8 Å². The van der Waals surface area contributed by atoms with Gasteiger partial charge in [0.15, 0.2) is 0 Å². The summed E-state index contributed by atoms with van der Waals surface area (Å²) < 4.78 is 0. The molecule has 1 amide bonds.